The van der Waals surface area contributed by atoms with Crippen LogP contribution in [0.3, 0.4) is 0 Å². The molecular formula is C18H28N2O. The van der Waals surface area contributed by atoms with Crippen molar-refractivity contribution in [3.8, 4) is 0 Å². The minimum Gasteiger partial charge on any atom is -0.326 e. The minimum absolute atomic E-state index is 0.146. The molecule has 1 aromatic rings. The highest BCUT2D eigenvalue weighted by atomic mass is 16.1. The monoisotopic (exact) mass is 288 g/mol. The van der Waals surface area contributed by atoms with Gasteiger partial charge in [-0.3, -0.25) is 4.79 Å². The van der Waals surface area contributed by atoms with Crippen LogP contribution in [-0.4, -0.2) is 12.5 Å². The van der Waals surface area contributed by atoms with E-state index in [0.717, 1.165) is 31.5 Å². The van der Waals surface area contributed by atoms with Gasteiger partial charge in [0.2, 0.25) is 5.91 Å². The van der Waals surface area contributed by atoms with Gasteiger partial charge >= 0.3 is 0 Å². The molecule has 21 heavy (non-hydrogen) atoms. The predicted octanol–water partition coefficient (Wildman–Crippen LogP) is 4.19. The van der Waals surface area contributed by atoms with Crippen molar-refractivity contribution in [3.05, 3.63) is 29.3 Å². The highest BCUT2D eigenvalue weighted by molar-refractivity contribution is 5.92. The van der Waals surface area contributed by atoms with Gasteiger partial charge in [0.05, 0.1) is 0 Å². The number of unbranched alkanes of at least 4 members (excludes halogenated alkanes) is 1. The van der Waals surface area contributed by atoms with Crippen molar-refractivity contribution >= 4 is 11.6 Å². The number of fused-ring (bicyclic) bond motifs is 1. The molecule has 3 heteroatoms. The second kappa shape index (κ2) is 8.18. The molecule has 0 saturated carbocycles. The first kappa shape index (κ1) is 16.0. The standard InChI is InChI=1S/C18H28N2O/c1-3-5-8-16(19-12-4-2)15-10-11-17-14(13-15)7-6-9-18(21)20-17/h10-11,13,16,19H,3-9,12H2,1-2H3,(H,20,21). The molecule has 2 rings (SSSR count). The molecule has 1 aromatic carbocycles. The van der Waals surface area contributed by atoms with E-state index in [-0.39, 0.29) is 5.91 Å². The lowest BCUT2D eigenvalue weighted by Gasteiger charge is -2.20. The van der Waals surface area contributed by atoms with Gasteiger partial charge in [-0.05, 0) is 49.4 Å². The lowest BCUT2D eigenvalue weighted by atomic mass is 9.96. The Morgan fingerprint density at radius 1 is 1.24 bits per heavy atom. The zero-order chi connectivity index (χ0) is 15.1. The quantitative estimate of drug-likeness (QED) is 0.789. The number of hydrogen-bond donors (Lipinski definition) is 2. The molecule has 0 aromatic heterocycles. The second-order valence-electron chi connectivity index (χ2n) is 5.97. The van der Waals surface area contributed by atoms with E-state index in [1.165, 1.54) is 30.4 Å². The first-order chi connectivity index (χ1) is 10.2. The predicted molar refractivity (Wildman–Crippen MR) is 88.6 cm³/mol. The summed E-state index contributed by atoms with van der Waals surface area (Å²) in [4.78, 5) is 11.6. The van der Waals surface area contributed by atoms with Crippen molar-refractivity contribution in [2.24, 2.45) is 0 Å². The summed E-state index contributed by atoms with van der Waals surface area (Å²) in [6.07, 6.45) is 7.39. The number of carbonyl (C=O) groups excluding carboxylic acids is 1. The SMILES string of the molecule is CCCCC(NCCC)c1ccc2c(c1)CCCC(=O)N2. The van der Waals surface area contributed by atoms with E-state index in [1.54, 1.807) is 0 Å². The first-order valence-electron chi connectivity index (χ1n) is 8.40. The fourth-order valence-electron chi connectivity index (χ4n) is 2.92. The van der Waals surface area contributed by atoms with Crippen LogP contribution in [0.5, 0.6) is 0 Å². The Morgan fingerprint density at radius 2 is 2.10 bits per heavy atom. The molecular weight excluding hydrogens is 260 g/mol. The average Bonchev–Trinajstić information content (AvgIpc) is 2.67. The number of rotatable bonds is 7. The zero-order valence-electron chi connectivity index (χ0n) is 13.4. The average molecular weight is 288 g/mol. The summed E-state index contributed by atoms with van der Waals surface area (Å²) in [5.41, 5.74) is 3.66. The van der Waals surface area contributed by atoms with Crippen molar-refractivity contribution in [2.45, 2.75) is 64.8 Å². The molecule has 1 aliphatic heterocycles. The van der Waals surface area contributed by atoms with Gasteiger partial charge < -0.3 is 10.6 Å². The largest absolute Gasteiger partial charge is 0.326 e. The summed E-state index contributed by atoms with van der Waals surface area (Å²) in [5.74, 6) is 0.146. The maximum absolute atomic E-state index is 11.6. The number of hydrogen-bond acceptors (Lipinski definition) is 2. The van der Waals surface area contributed by atoms with Gasteiger partial charge in [0.15, 0.2) is 0 Å². The molecule has 0 radical (unpaired) electrons. The third-order valence-electron chi connectivity index (χ3n) is 4.14. The van der Waals surface area contributed by atoms with Crippen LogP contribution in [0.1, 0.15) is 69.5 Å². The maximum Gasteiger partial charge on any atom is 0.224 e. The molecule has 3 nitrogen and oxygen atoms in total. The molecule has 1 heterocycles. The van der Waals surface area contributed by atoms with Gasteiger partial charge in [-0.25, -0.2) is 0 Å². The van der Waals surface area contributed by atoms with E-state index in [1.807, 2.05) is 0 Å². The van der Waals surface area contributed by atoms with Gasteiger partial charge in [0.25, 0.3) is 0 Å². The van der Waals surface area contributed by atoms with Crippen molar-refractivity contribution < 1.29 is 4.79 Å². The summed E-state index contributed by atoms with van der Waals surface area (Å²) in [5, 5.41) is 6.68. The molecule has 2 N–H and O–H groups in total. The Labute approximate surface area is 128 Å². The van der Waals surface area contributed by atoms with Crippen LogP contribution in [0.4, 0.5) is 5.69 Å². The van der Waals surface area contributed by atoms with Crippen LogP contribution in [0.2, 0.25) is 0 Å². The summed E-state index contributed by atoms with van der Waals surface area (Å²) in [6.45, 7) is 5.50. The molecule has 0 aliphatic carbocycles. The fourth-order valence-corrected chi connectivity index (χ4v) is 2.92. The van der Waals surface area contributed by atoms with Gasteiger partial charge in [0, 0.05) is 18.2 Å². The summed E-state index contributed by atoms with van der Waals surface area (Å²) < 4.78 is 0. The van der Waals surface area contributed by atoms with Crippen LogP contribution >= 0.6 is 0 Å². The van der Waals surface area contributed by atoms with E-state index < -0.39 is 0 Å². The number of anilines is 1. The third-order valence-corrected chi connectivity index (χ3v) is 4.14. The molecule has 0 saturated heterocycles. The number of amides is 1. The van der Waals surface area contributed by atoms with Crippen LogP contribution in [0.15, 0.2) is 18.2 Å². The summed E-state index contributed by atoms with van der Waals surface area (Å²) in [7, 11) is 0. The molecule has 0 spiro atoms. The topological polar surface area (TPSA) is 41.1 Å². The molecule has 0 bridgehead atoms. The highest BCUT2D eigenvalue weighted by Crippen LogP contribution is 2.27. The minimum atomic E-state index is 0.146. The van der Waals surface area contributed by atoms with Crippen molar-refractivity contribution in [1.82, 2.24) is 5.32 Å². The van der Waals surface area contributed by atoms with E-state index in [2.05, 4.69) is 42.7 Å². The number of aryl methyl sites for hydroxylation is 1. The lowest BCUT2D eigenvalue weighted by Crippen LogP contribution is -2.22. The molecule has 1 atom stereocenters. The molecule has 1 aliphatic rings. The van der Waals surface area contributed by atoms with E-state index in [4.69, 9.17) is 0 Å². The Morgan fingerprint density at radius 3 is 2.86 bits per heavy atom. The van der Waals surface area contributed by atoms with Crippen molar-refractivity contribution in [3.63, 3.8) is 0 Å². The Bertz CT molecular complexity index is 462. The zero-order valence-corrected chi connectivity index (χ0v) is 13.4. The molecule has 0 fully saturated rings. The van der Waals surface area contributed by atoms with E-state index in [0.29, 0.717) is 12.5 Å². The summed E-state index contributed by atoms with van der Waals surface area (Å²) >= 11 is 0. The Hall–Kier alpha value is -1.35. The van der Waals surface area contributed by atoms with Crippen molar-refractivity contribution in [1.29, 1.82) is 0 Å². The molecule has 116 valence electrons. The Kier molecular flexibility index (Phi) is 6.24. The first-order valence-corrected chi connectivity index (χ1v) is 8.40. The maximum atomic E-state index is 11.6. The van der Waals surface area contributed by atoms with Crippen LogP contribution in [0.25, 0.3) is 0 Å². The number of carbonyl (C=O) groups is 1. The molecule has 1 unspecified atom stereocenters. The van der Waals surface area contributed by atoms with Gasteiger partial charge in [-0.15, -0.1) is 0 Å². The van der Waals surface area contributed by atoms with E-state index in [9.17, 15) is 4.79 Å². The van der Waals surface area contributed by atoms with Crippen LogP contribution < -0.4 is 10.6 Å². The Balaban J connectivity index is 2.16. The van der Waals surface area contributed by atoms with Gasteiger partial charge in [0.1, 0.15) is 0 Å². The lowest BCUT2D eigenvalue weighted by molar-refractivity contribution is -0.116. The second-order valence-corrected chi connectivity index (χ2v) is 5.97. The van der Waals surface area contributed by atoms with E-state index >= 15 is 0 Å². The summed E-state index contributed by atoms with van der Waals surface area (Å²) in [6, 6.07) is 6.99. The normalized spacial score (nSPS) is 16.0. The fraction of sp³-hybridized carbons (Fsp3) is 0.611. The van der Waals surface area contributed by atoms with Crippen molar-refractivity contribution in [2.75, 3.05) is 11.9 Å². The smallest absolute Gasteiger partial charge is 0.224 e. The van der Waals surface area contributed by atoms with Crippen LogP contribution in [0, 0.1) is 0 Å². The molecule has 1 amide bonds. The number of nitrogens with one attached hydrogen (secondary N) is 2. The van der Waals surface area contributed by atoms with Gasteiger partial charge in [-0.1, -0.05) is 38.8 Å². The van der Waals surface area contributed by atoms with Gasteiger partial charge in [-0.2, -0.15) is 0 Å². The van der Waals surface area contributed by atoms with Crippen LogP contribution in [-0.2, 0) is 11.2 Å². The highest BCUT2D eigenvalue weighted by Gasteiger charge is 2.16. The third kappa shape index (κ3) is 4.57. The number of benzene rings is 1.